The van der Waals surface area contributed by atoms with Gasteiger partial charge in [-0.3, -0.25) is 14.8 Å². The molecule has 1 aliphatic heterocycles. The molecule has 2 aromatic rings. The van der Waals surface area contributed by atoms with Gasteiger partial charge in [-0.1, -0.05) is 6.07 Å². The smallest absolute Gasteiger partial charge is 0.227 e. The van der Waals surface area contributed by atoms with E-state index >= 15 is 0 Å². The van der Waals surface area contributed by atoms with Crippen LogP contribution in [0.2, 0.25) is 0 Å². The van der Waals surface area contributed by atoms with Crippen molar-refractivity contribution in [2.45, 2.75) is 32.4 Å². The van der Waals surface area contributed by atoms with Crippen LogP contribution in [0.15, 0.2) is 36.7 Å². The molecule has 0 aliphatic carbocycles. The van der Waals surface area contributed by atoms with Gasteiger partial charge in [0.05, 0.1) is 18.7 Å². The maximum Gasteiger partial charge on any atom is 0.227 e. The number of hydrogen-bond acceptors (Lipinski definition) is 5. The predicted octanol–water partition coefficient (Wildman–Crippen LogP) is 2.07. The SMILES string of the molecule is Cc1ncccc1CC(=O)N1CCC(Oc2ccnc(CN(C)C)c2)C1. The minimum absolute atomic E-state index is 0.0311. The van der Waals surface area contributed by atoms with Crippen molar-refractivity contribution < 1.29 is 9.53 Å². The van der Waals surface area contributed by atoms with E-state index in [4.69, 9.17) is 4.74 Å². The first-order valence-corrected chi connectivity index (χ1v) is 8.96. The maximum atomic E-state index is 12.6. The quantitative estimate of drug-likeness (QED) is 0.795. The van der Waals surface area contributed by atoms with Crippen molar-refractivity contribution in [3.8, 4) is 5.75 Å². The molecule has 0 bridgehead atoms. The fourth-order valence-corrected chi connectivity index (χ4v) is 3.16. The van der Waals surface area contributed by atoms with Crippen molar-refractivity contribution in [1.82, 2.24) is 19.8 Å². The summed E-state index contributed by atoms with van der Waals surface area (Å²) in [7, 11) is 4.03. The van der Waals surface area contributed by atoms with Crippen LogP contribution in [-0.2, 0) is 17.8 Å². The number of carbonyl (C=O) groups is 1. The van der Waals surface area contributed by atoms with E-state index in [1.807, 2.05) is 50.2 Å². The lowest BCUT2D eigenvalue weighted by Crippen LogP contribution is -2.32. The second-order valence-electron chi connectivity index (χ2n) is 7.01. The monoisotopic (exact) mass is 354 g/mol. The number of hydrogen-bond donors (Lipinski definition) is 0. The number of aryl methyl sites for hydroxylation is 1. The average Bonchev–Trinajstić information content (AvgIpc) is 3.05. The van der Waals surface area contributed by atoms with Crippen molar-refractivity contribution in [1.29, 1.82) is 0 Å². The van der Waals surface area contributed by atoms with Crippen LogP contribution >= 0.6 is 0 Å². The van der Waals surface area contributed by atoms with Crippen LogP contribution in [0.1, 0.15) is 23.4 Å². The normalized spacial score (nSPS) is 16.9. The van der Waals surface area contributed by atoms with Gasteiger partial charge < -0.3 is 14.5 Å². The van der Waals surface area contributed by atoms with E-state index in [0.29, 0.717) is 13.0 Å². The number of amides is 1. The highest BCUT2D eigenvalue weighted by atomic mass is 16.5. The predicted molar refractivity (Wildman–Crippen MR) is 99.9 cm³/mol. The Kier molecular flexibility index (Phi) is 5.83. The molecule has 0 N–H and O–H groups in total. The van der Waals surface area contributed by atoms with Crippen molar-refractivity contribution in [3.05, 3.63) is 53.6 Å². The molecule has 1 aliphatic rings. The largest absolute Gasteiger partial charge is 0.488 e. The van der Waals surface area contributed by atoms with Gasteiger partial charge >= 0.3 is 0 Å². The molecular weight excluding hydrogens is 328 g/mol. The molecule has 6 nitrogen and oxygen atoms in total. The maximum absolute atomic E-state index is 12.6. The van der Waals surface area contributed by atoms with Gasteiger partial charge in [0.2, 0.25) is 5.91 Å². The number of likely N-dealkylation sites (tertiary alicyclic amines) is 1. The van der Waals surface area contributed by atoms with Crippen molar-refractivity contribution >= 4 is 5.91 Å². The fraction of sp³-hybridized carbons (Fsp3) is 0.450. The second kappa shape index (κ2) is 8.27. The highest BCUT2D eigenvalue weighted by molar-refractivity contribution is 5.79. The van der Waals surface area contributed by atoms with E-state index in [-0.39, 0.29) is 12.0 Å². The van der Waals surface area contributed by atoms with Crippen molar-refractivity contribution in [3.63, 3.8) is 0 Å². The molecule has 6 heteroatoms. The molecule has 0 radical (unpaired) electrons. The number of ether oxygens (including phenoxy) is 1. The summed E-state index contributed by atoms with van der Waals surface area (Å²) in [5.74, 6) is 0.953. The van der Waals surface area contributed by atoms with Gasteiger partial charge in [0.15, 0.2) is 0 Å². The topological polar surface area (TPSA) is 58.6 Å². The molecule has 1 atom stereocenters. The van der Waals surface area contributed by atoms with Crippen LogP contribution in [0.3, 0.4) is 0 Å². The summed E-state index contributed by atoms with van der Waals surface area (Å²) in [6, 6.07) is 7.69. The molecule has 138 valence electrons. The third-order valence-corrected chi connectivity index (χ3v) is 4.52. The first-order valence-electron chi connectivity index (χ1n) is 8.96. The molecule has 2 aromatic heterocycles. The van der Waals surface area contributed by atoms with Gasteiger partial charge in [0, 0.05) is 43.7 Å². The molecule has 1 fully saturated rings. The third kappa shape index (κ3) is 4.79. The Morgan fingerprint density at radius 1 is 1.31 bits per heavy atom. The second-order valence-corrected chi connectivity index (χ2v) is 7.01. The van der Waals surface area contributed by atoms with E-state index in [2.05, 4.69) is 14.9 Å². The Bertz CT molecular complexity index is 763. The average molecular weight is 354 g/mol. The summed E-state index contributed by atoms with van der Waals surface area (Å²) < 4.78 is 6.09. The van der Waals surface area contributed by atoms with Gasteiger partial charge in [-0.15, -0.1) is 0 Å². The Balaban J connectivity index is 1.55. The minimum Gasteiger partial charge on any atom is -0.488 e. The van der Waals surface area contributed by atoms with E-state index in [9.17, 15) is 4.79 Å². The zero-order chi connectivity index (χ0) is 18.5. The molecule has 26 heavy (non-hydrogen) atoms. The van der Waals surface area contributed by atoms with Crippen molar-refractivity contribution in [2.24, 2.45) is 0 Å². The standard InChI is InChI=1S/C20H26N4O2/c1-15-16(5-4-8-21-15)11-20(25)24-10-7-19(14-24)26-18-6-9-22-17(12-18)13-23(2)3/h4-6,8-9,12,19H,7,10-11,13-14H2,1-3H3. The Labute approximate surface area is 154 Å². The van der Waals surface area contributed by atoms with Crippen LogP contribution in [0.5, 0.6) is 5.75 Å². The summed E-state index contributed by atoms with van der Waals surface area (Å²) in [6.45, 7) is 4.08. The van der Waals surface area contributed by atoms with Crippen LogP contribution in [0.4, 0.5) is 0 Å². The van der Waals surface area contributed by atoms with E-state index in [1.54, 1.807) is 12.4 Å². The van der Waals surface area contributed by atoms with Gasteiger partial charge in [-0.25, -0.2) is 0 Å². The highest BCUT2D eigenvalue weighted by Gasteiger charge is 2.27. The number of nitrogens with zero attached hydrogens (tertiary/aromatic N) is 4. The van der Waals surface area contributed by atoms with Gasteiger partial charge in [0.25, 0.3) is 0 Å². The number of pyridine rings is 2. The molecule has 0 spiro atoms. The number of rotatable bonds is 6. The van der Waals surface area contributed by atoms with E-state index in [1.165, 1.54) is 0 Å². The van der Waals surface area contributed by atoms with Gasteiger partial charge in [0.1, 0.15) is 11.9 Å². The highest BCUT2D eigenvalue weighted by Crippen LogP contribution is 2.20. The molecular formula is C20H26N4O2. The Hall–Kier alpha value is -2.47. The fourth-order valence-electron chi connectivity index (χ4n) is 3.16. The van der Waals surface area contributed by atoms with Gasteiger partial charge in [-0.05, 0) is 38.7 Å². The summed E-state index contributed by atoms with van der Waals surface area (Å²) in [5.41, 5.74) is 2.88. The number of aromatic nitrogens is 2. The van der Waals surface area contributed by atoms with Crippen LogP contribution in [0, 0.1) is 6.92 Å². The molecule has 3 heterocycles. The molecule has 3 rings (SSSR count). The third-order valence-electron chi connectivity index (χ3n) is 4.52. The number of carbonyl (C=O) groups excluding carboxylic acids is 1. The van der Waals surface area contributed by atoms with Crippen LogP contribution in [0.25, 0.3) is 0 Å². The first kappa shape index (κ1) is 18.3. The first-order chi connectivity index (χ1) is 12.5. The Morgan fingerprint density at radius 3 is 2.92 bits per heavy atom. The van der Waals surface area contributed by atoms with E-state index < -0.39 is 0 Å². The zero-order valence-electron chi connectivity index (χ0n) is 15.7. The van der Waals surface area contributed by atoms with Crippen molar-refractivity contribution in [2.75, 3.05) is 27.2 Å². The zero-order valence-corrected chi connectivity index (χ0v) is 15.7. The van der Waals surface area contributed by atoms with E-state index in [0.717, 1.165) is 42.2 Å². The Morgan fingerprint density at radius 2 is 2.15 bits per heavy atom. The summed E-state index contributed by atoms with van der Waals surface area (Å²) in [6.07, 6.45) is 4.81. The summed E-state index contributed by atoms with van der Waals surface area (Å²) >= 11 is 0. The summed E-state index contributed by atoms with van der Waals surface area (Å²) in [4.78, 5) is 25.1. The molecule has 0 saturated carbocycles. The molecule has 0 aromatic carbocycles. The molecule has 1 amide bonds. The lowest BCUT2D eigenvalue weighted by atomic mass is 10.1. The minimum atomic E-state index is 0.0311. The molecule has 1 unspecified atom stereocenters. The van der Waals surface area contributed by atoms with Crippen LogP contribution < -0.4 is 4.74 Å². The lowest BCUT2D eigenvalue weighted by molar-refractivity contribution is -0.129. The van der Waals surface area contributed by atoms with Crippen LogP contribution in [-0.4, -0.2) is 59.0 Å². The lowest BCUT2D eigenvalue weighted by Gasteiger charge is -2.18. The molecule has 1 saturated heterocycles. The van der Waals surface area contributed by atoms with Gasteiger partial charge in [-0.2, -0.15) is 0 Å². The summed E-state index contributed by atoms with van der Waals surface area (Å²) in [5, 5.41) is 0.